The molecule has 0 aliphatic heterocycles. The van der Waals surface area contributed by atoms with Crippen LogP contribution in [0.15, 0.2) is 29.2 Å². The Morgan fingerprint density at radius 3 is 2.56 bits per heavy atom. The number of aliphatic hydroxyl groups is 1. The Labute approximate surface area is 105 Å². The molecule has 7 nitrogen and oxygen atoms in total. The third-order valence-electron chi connectivity index (χ3n) is 2.39. The molecular weight excluding hydrogens is 260 g/mol. The van der Waals surface area contributed by atoms with Gasteiger partial charge in [0.1, 0.15) is 0 Å². The summed E-state index contributed by atoms with van der Waals surface area (Å²) < 4.78 is 26.1. The van der Waals surface area contributed by atoms with Crippen LogP contribution >= 0.6 is 0 Å². The molecule has 2 N–H and O–H groups in total. The molecule has 1 unspecified atom stereocenters. The lowest BCUT2D eigenvalue weighted by Gasteiger charge is -2.14. The van der Waals surface area contributed by atoms with Gasteiger partial charge in [-0.3, -0.25) is 10.1 Å². The molecule has 1 aromatic rings. The van der Waals surface area contributed by atoms with Gasteiger partial charge in [-0.15, -0.1) is 0 Å². The summed E-state index contributed by atoms with van der Waals surface area (Å²) in [6, 6.07) is 4.41. The molecule has 1 aromatic carbocycles. The quantitative estimate of drug-likeness (QED) is 0.584. The van der Waals surface area contributed by atoms with Gasteiger partial charge in [-0.2, -0.15) is 0 Å². The van der Waals surface area contributed by atoms with Gasteiger partial charge >= 0.3 is 0 Å². The Hall–Kier alpha value is -1.51. The smallest absolute Gasteiger partial charge is 0.289 e. The highest BCUT2D eigenvalue weighted by atomic mass is 32.2. The van der Waals surface area contributed by atoms with E-state index < -0.39 is 31.6 Å². The summed E-state index contributed by atoms with van der Waals surface area (Å²) in [7, 11) is -4.01. The molecule has 1 rings (SSSR count). The van der Waals surface area contributed by atoms with Crippen LogP contribution in [0.2, 0.25) is 0 Å². The van der Waals surface area contributed by atoms with Crippen molar-refractivity contribution in [3.63, 3.8) is 0 Å². The van der Waals surface area contributed by atoms with Crippen molar-refractivity contribution in [2.45, 2.75) is 24.3 Å². The molecule has 0 amide bonds. The van der Waals surface area contributed by atoms with Crippen LogP contribution in [0.5, 0.6) is 0 Å². The van der Waals surface area contributed by atoms with E-state index in [0.717, 1.165) is 12.1 Å². The Bertz CT molecular complexity index is 525. The second-order valence-corrected chi connectivity index (χ2v) is 5.32. The van der Waals surface area contributed by atoms with Gasteiger partial charge in [-0.05, 0) is 12.5 Å². The van der Waals surface area contributed by atoms with Crippen molar-refractivity contribution < 1.29 is 18.4 Å². The Kier molecular flexibility index (Phi) is 4.76. The monoisotopic (exact) mass is 274 g/mol. The number of hydrogen-bond donors (Lipinski definition) is 2. The molecule has 0 radical (unpaired) electrons. The molecule has 18 heavy (non-hydrogen) atoms. The SMILES string of the molecule is CCC(CO)NS(=O)(=O)c1ccccc1[N+](=O)[O-]. The molecule has 0 heterocycles. The number of benzene rings is 1. The van der Waals surface area contributed by atoms with Crippen LogP contribution in [0.1, 0.15) is 13.3 Å². The van der Waals surface area contributed by atoms with E-state index in [4.69, 9.17) is 5.11 Å². The summed E-state index contributed by atoms with van der Waals surface area (Å²) in [5, 5.41) is 19.7. The zero-order valence-corrected chi connectivity index (χ0v) is 10.6. The van der Waals surface area contributed by atoms with E-state index in [-0.39, 0.29) is 6.61 Å². The lowest BCUT2D eigenvalue weighted by Crippen LogP contribution is -2.37. The van der Waals surface area contributed by atoms with Crippen LogP contribution < -0.4 is 4.72 Å². The Morgan fingerprint density at radius 2 is 2.06 bits per heavy atom. The molecule has 0 saturated heterocycles. The van der Waals surface area contributed by atoms with Crippen LogP contribution in [0.25, 0.3) is 0 Å². The molecule has 0 aliphatic rings. The molecular formula is C10H14N2O5S. The average Bonchev–Trinajstić information content (AvgIpc) is 2.36. The fourth-order valence-corrected chi connectivity index (χ4v) is 2.85. The fourth-order valence-electron chi connectivity index (χ4n) is 1.37. The highest BCUT2D eigenvalue weighted by Gasteiger charge is 2.26. The number of nitrogens with one attached hydrogen (secondary N) is 1. The largest absolute Gasteiger partial charge is 0.395 e. The van der Waals surface area contributed by atoms with E-state index in [1.807, 2.05) is 0 Å². The zero-order valence-electron chi connectivity index (χ0n) is 9.74. The maximum absolute atomic E-state index is 12.0. The molecule has 0 fully saturated rings. The number of rotatable bonds is 6. The molecule has 0 spiro atoms. The van der Waals surface area contributed by atoms with Gasteiger partial charge in [0.2, 0.25) is 10.0 Å². The molecule has 1 atom stereocenters. The summed E-state index contributed by atoms with van der Waals surface area (Å²) >= 11 is 0. The number of sulfonamides is 1. The van der Waals surface area contributed by atoms with Crippen molar-refractivity contribution in [3.05, 3.63) is 34.4 Å². The van der Waals surface area contributed by atoms with Crippen molar-refractivity contribution in [3.8, 4) is 0 Å². The normalized spacial score (nSPS) is 13.2. The number of nitro benzene ring substituents is 1. The lowest BCUT2D eigenvalue weighted by molar-refractivity contribution is -0.387. The summed E-state index contributed by atoms with van der Waals surface area (Å²) in [4.78, 5) is 9.60. The van der Waals surface area contributed by atoms with Crippen molar-refractivity contribution in [1.29, 1.82) is 0 Å². The number of hydrogen-bond acceptors (Lipinski definition) is 5. The lowest BCUT2D eigenvalue weighted by atomic mass is 10.3. The van der Waals surface area contributed by atoms with Gasteiger partial charge in [0.25, 0.3) is 5.69 Å². The van der Waals surface area contributed by atoms with E-state index in [1.165, 1.54) is 12.1 Å². The second kappa shape index (κ2) is 5.89. The van der Waals surface area contributed by atoms with Crippen molar-refractivity contribution in [1.82, 2.24) is 4.72 Å². The van der Waals surface area contributed by atoms with Gasteiger partial charge < -0.3 is 5.11 Å². The standard InChI is InChI=1S/C10H14N2O5S/c1-2-8(7-13)11-18(16,17)10-6-4-3-5-9(10)12(14)15/h3-6,8,11,13H,2,7H2,1H3. The molecule has 100 valence electrons. The van der Waals surface area contributed by atoms with E-state index in [9.17, 15) is 18.5 Å². The second-order valence-electron chi connectivity index (χ2n) is 3.63. The van der Waals surface area contributed by atoms with E-state index in [0.29, 0.717) is 6.42 Å². The van der Waals surface area contributed by atoms with Gasteiger partial charge in [-0.1, -0.05) is 19.1 Å². The van der Waals surface area contributed by atoms with E-state index >= 15 is 0 Å². The minimum absolute atomic E-state index is 0.365. The van der Waals surface area contributed by atoms with Crippen LogP contribution in [0.4, 0.5) is 5.69 Å². The number of aliphatic hydroxyl groups excluding tert-OH is 1. The number of nitro groups is 1. The van der Waals surface area contributed by atoms with Crippen LogP contribution in [0, 0.1) is 10.1 Å². The predicted molar refractivity (Wildman–Crippen MR) is 64.6 cm³/mol. The molecule has 0 bridgehead atoms. The number of para-hydroxylation sites is 1. The molecule has 0 saturated carbocycles. The van der Waals surface area contributed by atoms with Crippen LogP contribution in [0.3, 0.4) is 0 Å². The summed E-state index contributed by atoms with van der Waals surface area (Å²) in [6.07, 6.45) is 0.385. The Morgan fingerprint density at radius 1 is 1.44 bits per heavy atom. The maximum Gasteiger partial charge on any atom is 0.289 e. The molecule has 8 heteroatoms. The van der Waals surface area contributed by atoms with Crippen molar-refractivity contribution >= 4 is 15.7 Å². The van der Waals surface area contributed by atoms with Gasteiger partial charge in [-0.25, -0.2) is 13.1 Å². The molecule has 0 aromatic heterocycles. The minimum atomic E-state index is -4.01. The van der Waals surface area contributed by atoms with Crippen LogP contribution in [-0.4, -0.2) is 31.1 Å². The highest BCUT2D eigenvalue weighted by molar-refractivity contribution is 7.89. The third kappa shape index (κ3) is 3.25. The fraction of sp³-hybridized carbons (Fsp3) is 0.400. The van der Waals surface area contributed by atoms with Crippen LogP contribution in [-0.2, 0) is 10.0 Å². The topological polar surface area (TPSA) is 110 Å². The summed E-state index contributed by atoms with van der Waals surface area (Å²) in [6.45, 7) is 1.33. The third-order valence-corrected chi connectivity index (χ3v) is 3.95. The summed E-state index contributed by atoms with van der Waals surface area (Å²) in [5.74, 6) is 0. The van der Waals surface area contributed by atoms with Gasteiger partial charge in [0.15, 0.2) is 4.90 Å². The maximum atomic E-state index is 12.0. The first kappa shape index (κ1) is 14.6. The average molecular weight is 274 g/mol. The predicted octanol–water partition coefficient (Wildman–Crippen LogP) is 0.644. The first-order chi connectivity index (χ1) is 8.42. The zero-order chi connectivity index (χ0) is 13.8. The summed E-state index contributed by atoms with van der Waals surface area (Å²) in [5.41, 5.74) is -0.488. The highest BCUT2D eigenvalue weighted by Crippen LogP contribution is 2.22. The Balaban J connectivity index is 3.16. The first-order valence-corrected chi connectivity index (χ1v) is 6.77. The van der Waals surface area contributed by atoms with E-state index in [1.54, 1.807) is 6.92 Å². The molecule has 0 aliphatic carbocycles. The first-order valence-electron chi connectivity index (χ1n) is 5.29. The van der Waals surface area contributed by atoms with Crippen molar-refractivity contribution in [2.75, 3.05) is 6.61 Å². The number of nitrogens with zero attached hydrogens (tertiary/aromatic N) is 1. The minimum Gasteiger partial charge on any atom is -0.395 e. The van der Waals surface area contributed by atoms with Crippen molar-refractivity contribution in [2.24, 2.45) is 0 Å². The van der Waals surface area contributed by atoms with E-state index in [2.05, 4.69) is 4.72 Å². The van der Waals surface area contributed by atoms with Gasteiger partial charge in [0.05, 0.1) is 11.5 Å². The van der Waals surface area contributed by atoms with Gasteiger partial charge in [0, 0.05) is 12.1 Å².